The number of halogens is 1. The number of amides is 3. The van der Waals surface area contributed by atoms with Crippen molar-refractivity contribution in [1.29, 1.82) is 0 Å². The summed E-state index contributed by atoms with van der Waals surface area (Å²) in [7, 11) is 0. The Morgan fingerprint density at radius 3 is 2.63 bits per heavy atom. The van der Waals surface area contributed by atoms with Gasteiger partial charge in [-0.3, -0.25) is 19.3 Å². The Kier molecular flexibility index (Phi) is 8.41. The van der Waals surface area contributed by atoms with Gasteiger partial charge >= 0.3 is 0 Å². The van der Waals surface area contributed by atoms with Gasteiger partial charge < -0.3 is 24.3 Å². The van der Waals surface area contributed by atoms with E-state index >= 15 is 0 Å². The summed E-state index contributed by atoms with van der Waals surface area (Å²) in [5.74, 6) is 1.09. The third kappa shape index (κ3) is 6.28. The molecule has 1 saturated heterocycles. The Morgan fingerprint density at radius 1 is 1.07 bits per heavy atom. The first-order valence-electron chi connectivity index (χ1n) is 12.8. The third-order valence-corrected chi connectivity index (χ3v) is 7.81. The topological polar surface area (TPSA) is 103 Å². The molecule has 2 aliphatic heterocycles. The van der Waals surface area contributed by atoms with Crippen molar-refractivity contribution in [2.24, 2.45) is 0 Å². The number of benzene rings is 3. The van der Waals surface area contributed by atoms with Crippen LogP contribution in [0.4, 0.5) is 10.5 Å². The van der Waals surface area contributed by atoms with Crippen LogP contribution in [0.5, 0.6) is 23.0 Å². The number of nitrogens with one attached hydrogen (secondary N) is 1. The molecular formula is C30H27ClN2O7S. The fourth-order valence-electron chi connectivity index (χ4n) is 4.26. The number of rotatable bonds is 9. The summed E-state index contributed by atoms with van der Waals surface area (Å²) < 4.78 is 22.2. The fourth-order valence-corrected chi connectivity index (χ4v) is 5.31. The maximum atomic E-state index is 13.1. The van der Waals surface area contributed by atoms with E-state index in [1.165, 1.54) is 0 Å². The first kappa shape index (κ1) is 28.4. The van der Waals surface area contributed by atoms with Crippen LogP contribution in [0.1, 0.15) is 29.2 Å². The van der Waals surface area contributed by atoms with Crippen molar-refractivity contribution in [3.63, 3.8) is 0 Å². The van der Waals surface area contributed by atoms with Crippen molar-refractivity contribution in [3.8, 4) is 23.0 Å². The van der Waals surface area contributed by atoms with Gasteiger partial charge in [-0.2, -0.15) is 0 Å². The van der Waals surface area contributed by atoms with Gasteiger partial charge in [-0.15, -0.1) is 0 Å². The largest absolute Gasteiger partial charge is 0.490 e. The van der Waals surface area contributed by atoms with Gasteiger partial charge in [-0.25, -0.2) is 0 Å². The minimum absolute atomic E-state index is 0.00140. The summed E-state index contributed by atoms with van der Waals surface area (Å²) in [6.45, 7) is 5.99. The lowest BCUT2D eigenvalue weighted by Crippen LogP contribution is -2.27. The SMILES string of the molecule is CCOc1cc(/C=C2\SC(=O)N(Cc3cc4c(cc3Cl)OCO4)C2=O)ccc1OCC(=O)Nc1cccc(C)c1C. The molecule has 212 valence electrons. The number of aryl methyl sites for hydroxylation is 1. The molecule has 2 heterocycles. The van der Waals surface area contributed by atoms with Gasteiger partial charge in [0, 0.05) is 16.8 Å². The quantitative estimate of drug-likeness (QED) is 0.286. The maximum absolute atomic E-state index is 13.1. The van der Waals surface area contributed by atoms with Gasteiger partial charge in [0.1, 0.15) is 0 Å². The molecule has 0 saturated carbocycles. The Balaban J connectivity index is 1.27. The molecule has 1 N–H and O–H groups in total. The first-order chi connectivity index (χ1) is 19.7. The molecular weight excluding hydrogens is 568 g/mol. The highest BCUT2D eigenvalue weighted by atomic mass is 35.5. The number of hydrogen-bond donors (Lipinski definition) is 1. The number of anilines is 1. The minimum atomic E-state index is -0.435. The summed E-state index contributed by atoms with van der Waals surface area (Å²) in [4.78, 5) is 39.8. The van der Waals surface area contributed by atoms with Crippen LogP contribution in [0.15, 0.2) is 53.4 Å². The molecule has 3 amide bonds. The average molecular weight is 595 g/mol. The molecule has 3 aromatic carbocycles. The van der Waals surface area contributed by atoms with E-state index < -0.39 is 11.1 Å². The van der Waals surface area contributed by atoms with Gasteiger partial charge in [0.25, 0.3) is 17.1 Å². The Morgan fingerprint density at radius 2 is 1.85 bits per heavy atom. The van der Waals surface area contributed by atoms with Crippen LogP contribution in [-0.2, 0) is 16.1 Å². The second-order valence-electron chi connectivity index (χ2n) is 9.29. The van der Waals surface area contributed by atoms with Gasteiger partial charge in [-0.05, 0) is 85.1 Å². The number of fused-ring (bicyclic) bond motifs is 1. The zero-order valence-corrected chi connectivity index (χ0v) is 24.2. The summed E-state index contributed by atoms with van der Waals surface area (Å²) in [5, 5.41) is 2.83. The molecule has 3 aromatic rings. The number of nitrogens with zero attached hydrogens (tertiary/aromatic N) is 1. The highest BCUT2D eigenvalue weighted by molar-refractivity contribution is 8.18. The van der Waals surface area contributed by atoms with Crippen molar-refractivity contribution in [3.05, 3.63) is 80.7 Å². The smallest absolute Gasteiger partial charge is 0.293 e. The van der Waals surface area contributed by atoms with Crippen LogP contribution in [0, 0.1) is 13.8 Å². The van der Waals surface area contributed by atoms with Crippen LogP contribution in [-0.4, -0.2) is 42.0 Å². The normalized spacial score (nSPS) is 15.0. The van der Waals surface area contributed by atoms with E-state index in [1.807, 2.05) is 39.0 Å². The molecule has 0 aromatic heterocycles. The lowest BCUT2D eigenvalue weighted by molar-refractivity contribution is -0.123. The van der Waals surface area contributed by atoms with E-state index in [-0.39, 0.29) is 30.8 Å². The standard InChI is InChI=1S/C30H27ClN2O7S/c1-4-37-24-10-19(8-9-23(24)38-15-28(34)32-22-7-5-6-17(2)18(22)3)11-27-29(35)33(30(36)41-27)14-20-12-25-26(13-21(20)31)40-16-39-25/h5-13H,4,14-16H2,1-3H3,(H,32,34)/b27-11-. The zero-order valence-electron chi connectivity index (χ0n) is 22.6. The summed E-state index contributed by atoms with van der Waals surface area (Å²) in [5.41, 5.74) is 4.00. The molecule has 0 radical (unpaired) electrons. The molecule has 5 rings (SSSR count). The van der Waals surface area contributed by atoms with Gasteiger partial charge in [0.2, 0.25) is 6.79 Å². The van der Waals surface area contributed by atoms with Gasteiger partial charge in [0.15, 0.2) is 29.6 Å². The molecule has 11 heteroatoms. The van der Waals surface area contributed by atoms with E-state index in [2.05, 4.69) is 5.32 Å². The fraction of sp³-hybridized carbons (Fsp3) is 0.233. The zero-order chi connectivity index (χ0) is 29.1. The van der Waals surface area contributed by atoms with Crippen molar-refractivity contribution in [1.82, 2.24) is 4.90 Å². The second kappa shape index (κ2) is 12.2. The molecule has 0 spiro atoms. The van der Waals surface area contributed by atoms with Crippen LogP contribution in [0.25, 0.3) is 6.08 Å². The van der Waals surface area contributed by atoms with Crippen LogP contribution in [0.3, 0.4) is 0 Å². The maximum Gasteiger partial charge on any atom is 0.293 e. The monoisotopic (exact) mass is 594 g/mol. The van der Waals surface area contributed by atoms with E-state index in [9.17, 15) is 14.4 Å². The molecule has 0 unspecified atom stereocenters. The van der Waals surface area contributed by atoms with Crippen molar-refractivity contribution >= 4 is 52.2 Å². The number of ether oxygens (including phenoxy) is 4. The van der Waals surface area contributed by atoms with Crippen molar-refractivity contribution in [2.75, 3.05) is 25.3 Å². The number of hydrogen-bond acceptors (Lipinski definition) is 8. The van der Waals surface area contributed by atoms with Crippen molar-refractivity contribution in [2.45, 2.75) is 27.3 Å². The number of carbonyl (C=O) groups is 3. The molecule has 41 heavy (non-hydrogen) atoms. The molecule has 9 nitrogen and oxygen atoms in total. The average Bonchev–Trinajstić information content (AvgIpc) is 3.50. The molecule has 1 fully saturated rings. The minimum Gasteiger partial charge on any atom is -0.490 e. The highest BCUT2D eigenvalue weighted by Gasteiger charge is 2.36. The number of thioether (sulfide) groups is 1. The Bertz CT molecular complexity index is 1570. The summed E-state index contributed by atoms with van der Waals surface area (Å²) in [6, 6.07) is 14.1. The molecule has 2 aliphatic rings. The first-order valence-corrected chi connectivity index (χ1v) is 14.0. The third-order valence-electron chi connectivity index (χ3n) is 6.55. The van der Waals surface area contributed by atoms with Crippen LogP contribution >= 0.6 is 23.4 Å². The van der Waals surface area contributed by atoms with Gasteiger partial charge in [-0.1, -0.05) is 29.8 Å². The number of carbonyl (C=O) groups excluding carboxylic acids is 3. The Hall–Kier alpha value is -4.15. The molecule has 0 bridgehead atoms. The predicted octanol–water partition coefficient (Wildman–Crippen LogP) is 6.34. The summed E-state index contributed by atoms with van der Waals surface area (Å²) >= 11 is 7.19. The van der Waals surface area contributed by atoms with Crippen LogP contribution in [0.2, 0.25) is 5.02 Å². The van der Waals surface area contributed by atoms with E-state index in [0.29, 0.717) is 45.8 Å². The summed E-state index contributed by atoms with van der Waals surface area (Å²) in [6.07, 6.45) is 1.62. The van der Waals surface area contributed by atoms with E-state index in [0.717, 1.165) is 33.5 Å². The van der Waals surface area contributed by atoms with E-state index in [4.69, 9.17) is 30.5 Å². The number of imide groups is 1. The lowest BCUT2D eigenvalue weighted by Gasteiger charge is -2.14. The Labute approximate surface area is 246 Å². The molecule has 0 atom stereocenters. The van der Waals surface area contributed by atoms with Crippen molar-refractivity contribution < 1.29 is 33.3 Å². The van der Waals surface area contributed by atoms with E-state index in [1.54, 1.807) is 36.4 Å². The predicted molar refractivity (Wildman–Crippen MR) is 157 cm³/mol. The highest BCUT2D eigenvalue weighted by Crippen LogP contribution is 2.40. The second-order valence-corrected chi connectivity index (χ2v) is 10.7. The molecule has 0 aliphatic carbocycles. The van der Waals surface area contributed by atoms with Gasteiger partial charge in [0.05, 0.1) is 18.1 Å². The lowest BCUT2D eigenvalue weighted by atomic mass is 10.1. The van der Waals surface area contributed by atoms with Crippen LogP contribution < -0.4 is 24.3 Å².